The maximum Gasteiger partial charge on any atom is 0.511 e. The van der Waals surface area contributed by atoms with Gasteiger partial charge in [0, 0.05) is 25.1 Å². The van der Waals surface area contributed by atoms with Gasteiger partial charge in [0.15, 0.2) is 0 Å². The highest BCUT2D eigenvalue weighted by atomic mass is 16.8. The maximum absolute atomic E-state index is 12.6. The Morgan fingerprint density at radius 3 is 2.44 bits per heavy atom. The maximum atomic E-state index is 12.6. The molecule has 0 aliphatic heterocycles. The summed E-state index contributed by atoms with van der Waals surface area (Å²) in [6.45, 7) is 7.52. The van der Waals surface area contributed by atoms with E-state index in [9.17, 15) is 9.59 Å². The van der Waals surface area contributed by atoms with Crippen LogP contribution in [0.2, 0.25) is 0 Å². The lowest BCUT2D eigenvalue weighted by atomic mass is 10.1. The first-order valence-corrected chi connectivity index (χ1v) is 8.91. The average Bonchev–Trinajstić information content (AvgIpc) is 2.89. The Labute approximate surface area is 159 Å². The molecule has 0 N–H and O–H groups in total. The van der Waals surface area contributed by atoms with Gasteiger partial charge in [0.1, 0.15) is 5.60 Å². The number of hydrogen-bond donors (Lipinski definition) is 0. The smallest absolute Gasteiger partial charge is 0.428 e. The second-order valence-corrected chi connectivity index (χ2v) is 7.63. The van der Waals surface area contributed by atoms with Crippen molar-refractivity contribution < 1.29 is 23.8 Å². The quantitative estimate of drug-likeness (QED) is 0.580. The van der Waals surface area contributed by atoms with Crippen LogP contribution >= 0.6 is 0 Å². The Morgan fingerprint density at radius 1 is 1.15 bits per heavy atom. The number of rotatable bonds is 5. The molecule has 0 fully saturated rings. The summed E-state index contributed by atoms with van der Waals surface area (Å²) in [6, 6.07) is 7.63. The summed E-state index contributed by atoms with van der Waals surface area (Å²) in [5.41, 5.74) is 1.12. The fourth-order valence-corrected chi connectivity index (χ4v) is 2.58. The molecule has 1 atom stereocenters. The van der Waals surface area contributed by atoms with Crippen molar-refractivity contribution in [1.82, 2.24) is 9.47 Å². The topological polar surface area (TPSA) is 70.0 Å². The highest BCUT2D eigenvalue weighted by molar-refractivity contribution is 5.92. The summed E-state index contributed by atoms with van der Waals surface area (Å²) >= 11 is 0. The largest absolute Gasteiger partial charge is 0.511 e. The molecule has 7 heteroatoms. The van der Waals surface area contributed by atoms with Gasteiger partial charge in [-0.3, -0.25) is 4.57 Å². The molecule has 1 heterocycles. The van der Waals surface area contributed by atoms with E-state index in [4.69, 9.17) is 14.2 Å². The first kappa shape index (κ1) is 20.8. The lowest BCUT2D eigenvalue weighted by Crippen LogP contribution is -2.29. The highest BCUT2D eigenvalue weighted by Crippen LogP contribution is 2.22. The Hall–Kier alpha value is -2.54. The van der Waals surface area contributed by atoms with E-state index in [1.54, 1.807) is 27.0 Å². The number of nitrogens with zero attached hydrogens (tertiary/aromatic N) is 2. The molecule has 0 spiro atoms. The number of aromatic nitrogens is 1. The highest BCUT2D eigenvalue weighted by Gasteiger charge is 2.22. The molecular weight excluding hydrogens is 348 g/mol. The van der Waals surface area contributed by atoms with Crippen molar-refractivity contribution >= 4 is 23.2 Å². The van der Waals surface area contributed by atoms with Gasteiger partial charge in [-0.25, -0.2) is 9.59 Å². The van der Waals surface area contributed by atoms with Gasteiger partial charge in [-0.15, -0.1) is 0 Å². The zero-order chi connectivity index (χ0) is 20.2. The van der Waals surface area contributed by atoms with E-state index >= 15 is 0 Å². The molecule has 1 aromatic heterocycles. The third-order valence-electron chi connectivity index (χ3n) is 3.74. The van der Waals surface area contributed by atoms with Crippen LogP contribution < -0.4 is 0 Å². The van der Waals surface area contributed by atoms with Gasteiger partial charge in [-0.05, 0) is 52.9 Å². The van der Waals surface area contributed by atoms with Crippen molar-refractivity contribution in [2.75, 3.05) is 20.6 Å². The molecule has 2 aromatic rings. The summed E-state index contributed by atoms with van der Waals surface area (Å²) in [5.74, 6) is 0. The van der Waals surface area contributed by atoms with E-state index in [1.165, 1.54) is 11.5 Å². The van der Waals surface area contributed by atoms with Crippen molar-refractivity contribution in [3.8, 4) is 0 Å². The summed E-state index contributed by atoms with van der Waals surface area (Å²) in [4.78, 5) is 26.4. The van der Waals surface area contributed by atoms with E-state index < -0.39 is 24.1 Å². The van der Waals surface area contributed by atoms with E-state index in [-0.39, 0.29) is 0 Å². The number of fused-ring (bicyclic) bond motifs is 1. The van der Waals surface area contributed by atoms with Crippen molar-refractivity contribution in [3.63, 3.8) is 0 Å². The number of likely N-dealkylation sites (N-methyl/N-ethyl adjacent to an activating group) is 1. The molecule has 7 nitrogen and oxygen atoms in total. The molecule has 0 bridgehead atoms. The van der Waals surface area contributed by atoms with E-state index in [0.29, 0.717) is 0 Å². The van der Waals surface area contributed by atoms with Gasteiger partial charge in [0.25, 0.3) is 0 Å². The van der Waals surface area contributed by atoms with Crippen LogP contribution in [0.15, 0.2) is 30.5 Å². The van der Waals surface area contributed by atoms with Gasteiger partial charge < -0.3 is 19.1 Å². The average molecular weight is 376 g/mol. The lowest BCUT2D eigenvalue weighted by Gasteiger charge is -2.21. The Bertz CT molecular complexity index is 804. The second-order valence-electron chi connectivity index (χ2n) is 7.63. The van der Waals surface area contributed by atoms with Crippen LogP contribution in [0.3, 0.4) is 0 Å². The molecular formula is C20H28N2O5. The minimum absolute atomic E-state index is 0.613. The molecule has 0 saturated carbocycles. The molecule has 27 heavy (non-hydrogen) atoms. The van der Waals surface area contributed by atoms with Crippen LogP contribution in [0.25, 0.3) is 10.9 Å². The first-order valence-electron chi connectivity index (χ1n) is 8.91. The number of benzene rings is 1. The predicted molar refractivity (Wildman–Crippen MR) is 103 cm³/mol. The SMILES string of the molecule is CC(OC(=O)OC(C)(C)C)OC(=O)n1cc(CCN(C)C)c2ccccc21. The number of carbonyl (C=O) groups excluding carboxylic acids is 2. The van der Waals surface area contributed by atoms with Crippen molar-refractivity contribution in [1.29, 1.82) is 0 Å². The van der Waals surface area contributed by atoms with Crippen LogP contribution in [-0.2, 0) is 20.6 Å². The Balaban J connectivity index is 2.11. The first-order chi connectivity index (χ1) is 12.6. The van der Waals surface area contributed by atoms with E-state index in [0.717, 1.165) is 29.4 Å². The fourth-order valence-electron chi connectivity index (χ4n) is 2.58. The van der Waals surface area contributed by atoms with Crippen LogP contribution in [0, 0.1) is 0 Å². The van der Waals surface area contributed by atoms with Crippen LogP contribution in [0.5, 0.6) is 0 Å². The molecule has 2 rings (SSSR count). The Kier molecular flexibility index (Phi) is 6.49. The molecule has 0 radical (unpaired) electrons. The predicted octanol–water partition coefficient (Wildman–Crippen LogP) is 4.03. The zero-order valence-corrected chi connectivity index (χ0v) is 16.8. The third kappa shape index (κ3) is 5.99. The fraction of sp³-hybridized carbons (Fsp3) is 0.500. The monoisotopic (exact) mass is 376 g/mol. The number of hydrogen-bond acceptors (Lipinski definition) is 6. The van der Waals surface area contributed by atoms with Gasteiger partial charge in [-0.1, -0.05) is 18.2 Å². The normalized spacial score (nSPS) is 12.9. The van der Waals surface area contributed by atoms with Gasteiger partial charge in [-0.2, -0.15) is 0 Å². The Morgan fingerprint density at radius 2 is 1.81 bits per heavy atom. The molecule has 1 aromatic carbocycles. The summed E-state index contributed by atoms with van der Waals surface area (Å²) in [6.07, 6.45) is 0.0120. The molecule has 148 valence electrons. The summed E-state index contributed by atoms with van der Waals surface area (Å²) in [5, 5.41) is 0.997. The van der Waals surface area contributed by atoms with Crippen LogP contribution in [0.4, 0.5) is 9.59 Å². The molecule has 1 unspecified atom stereocenters. The minimum Gasteiger partial charge on any atom is -0.428 e. The van der Waals surface area contributed by atoms with Crippen molar-refractivity contribution in [2.45, 2.75) is 46.0 Å². The number of ether oxygens (including phenoxy) is 3. The van der Waals surface area contributed by atoms with Gasteiger partial charge >= 0.3 is 12.2 Å². The standard InChI is InChI=1S/C20H28N2O5/c1-14(26-19(24)27-20(2,3)4)25-18(23)22-13-15(11-12-21(5)6)16-9-7-8-10-17(16)22/h7-10,13-14H,11-12H2,1-6H3. The summed E-state index contributed by atoms with van der Waals surface area (Å²) in [7, 11) is 4.01. The number of para-hydroxylation sites is 1. The van der Waals surface area contributed by atoms with Gasteiger partial charge in [0.05, 0.1) is 5.52 Å². The molecule has 0 aliphatic rings. The second kappa shape index (κ2) is 8.43. The minimum atomic E-state index is -1.07. The van der Waals surface area contributed by atoms with Crippen LogP contribution in [0.1, 0.15) is 33.3 Å². The number of carbonyl (C=O) groups is 2. The molecule has 0 saturated heterocycles. The van der Waals surface area contributed by atoms with Gasteiger partial charge in [0.2, 0.25) is 6.29 Å². The lowest BCUT2D eigenvalue weighted by molar-refractivity contribution is -0.0922. The van der Waals surface area contributed by atoms with E-state index in [2.05, 4.69) is 4.90 Å². The molecule has 0 amide bonds. The summed E-state index contributed by atoms with van der Waals surface area (Å²) < 4.78 is 16.8. The van der Waals surface area contributed by atoms with Crippen molar-refractivity contribution in [2.24, 2.45) is 0 Å². The zero-order valence-electron chi connectivity index (χ0n) is 16.8. The van der Waals surface area contributed by atoms with Crippen molar-refractivity contribution in [3.05, 3.63) is 36.0 Å². The molecule has 0 aliphatic carbocycles. The van der Waals surface area contributed by atoms with Crippen LogP contribution in [-0.4, -0.2) is 54.2 Å². The third-order valence-corrected chi connectivity index (χ3v) is 3.74. The van der Waals surface area contributed by atoms with E-state index in [1.807, 2.05) is 38.4 Å².